The van der Waals surface area contributed by atoms with E-state index in [9.17, 15) is 19.2 Å². The quantitative estimate of drug-likeness (QED) is 0.231. The Hall–Kier alpha value is -2.04. The molecular weight excluding hydrogens is 284 g/mol. The summed E-state index contributed by atoms with van der Waals surface area (Å²) >= 11 is 0. The highest BCUT2D eigenvalue weighted by atomic mass is 16.4. The monoisotopic (exact) mass is 304 g/mol. The number of aldehydes is 1. The predicted octanol–water partition coefficient (Wildman–Crippen LogP) is -3.01. The molecule has 0 saturated heterocycles. The van der Waals surface area contributed by atoms with Crippen molar-refractivity contribution in [1.29, 1.82) is 0 Å². The maximum Gasteiger partial charge on any atom is 0.335 e. The highest BCUT2D eigenvalue weighted by Gasteiger charge is 2.24. The minimum atomic E-state index is -1.47. The van der Waals surface area contributed by atoms with E-state index in [4.69, 9.17) is 15.9 Å². The highest BCUT2D eigenvalue weighted by Crippen LogP contribution is 1.97. The maximum atomic E-state index is 11.3. The van der Waals surface area contributed by atoms with Gasteiger partial charge in [-0.2, -0.15) is 0 Å². The summed E-state index contributed by atoms with van der Waals surface area (Å²) in [5, 5.41) is 20.0. The first kappa shape index (κ1) is 19.0. The molecule has 10 nitrogen and oxygen atoms in total. The number of amides is 1. The van der Waals surface area contributed by atoms with Crippen LogP contribution in [0.15, 0.2) is 0 Å². The number of carbonyl (C=O) groups excluding carboxylic acids is 2. The molecule has 0 radical (unpaired) electrons. The van der Waals surface area contributed by atoms with Crippen molar-refractivity contribution in [3.05, 3.63) is 0 Å². The average molecular weight is 304 g/mol. The number of nitrogens with one attached hydrogen (secondary N) is 1. The van der Waals surface area contributed by atoms with Crippen molar-refractivity contribution in [2.24, 2.45) is 5.73 Å². The van der Waals surface area contributed by atoms with Gasteiger partial charge < -0.3 is 26.1 Å². The molecule has 0 fully saturated rings. The molecule has 0 bridgehead atoms. The van der Waals surface area contributed by atoms with Gasteiger partial charge in [0, 0.05) is 20.1 Å². The molecule has 21 heavy (non-hydrogen) atoms. The van der Waals surface area contributed by atoms with Gasteiger partial charge in [-0.25, -0.2) is 4.79 Å². The number of hydrogen-bond acceptors (Lipinski definition) is 7. The highest BCUT2D eigenvalue weighted by molar-refractivity contribution is 5.78. The fourth-order valence-corrected chi connectivity index (χ4v) is 1.54. The van der Waals surface area contributed by atoms with Crippen LogP contribution in [0.5, 0.6) is 0 Å². The van der Waals surface area contributed by atoms with Crippen molar-refractivity contribution in [3.63, 3.8) is 0 Å². The van der Waals surface area contributed by atoms with Gasteiger partial charge >= 0.3 is 11.9 Å². The van der Waals surface area contributed by atoms with E-state index in [0.717, 1.165) is 4.90 Å². The van der Waals surface area contributed by atoms with Crippen LogP contribution in [0.4, 0.5) is 0 Å². The zero-order valence-corrected chi connectivity index (χ0v) is 11.7. The maximum absolute atomic E-state index is 11.3. The van der Waals surface area contributed by atoms with Crippen LogP contribution in [0.3, 0.4) is 0 Å². The van der Waals surface area contributed by atoms with E-state index in [-0.39, 0.29) is 32.1 Å². The second-order valence-electron chi connectivity index (χ2n) is 4.22. The predicted molar refractivity (Wildman–Crippen MR) is 71.4 cm³/mol. The Balaban J connectivity index is 4.65. The zero-order chi connectivity index (χ0) is 16.4. The van der Waals surface area contributed by atoms with Gasteiger partial charge in [0.2, 0.25) is 5.91 Å². The molecule has 10 heteroatoms. The first-order chi connectivity index (χ1) is 9.81. The molecule has 0 rings (SSSR count). The summed E-state index contributed by atoms with van der Waals surface area (Å²) in [6.45, 7) is -0.525. The summed E-state index contributed by atoms with van der Waals surface area (Å²) in [4.78, 5) is 45.8. The summed E-state index contributed by atoms with van der Waals surface area (Å²) in [6, 6.07) is 0. The Labute approximate surface area is 121 Å². The van der Waals surface area contributed by atoms with Crippen LogP contribution in [0.1, 0.15) is 0 Å². The molecule has 120 valence electrons. The lowest BCUT2D eigenvalue weighted by molar-refractivity contribution is -0.146. The Bertz CT molecular complexity index is 389. The van der Waals surface area contributed by atoms with E-state index in [1.54, 1.807) is 0 Å². The number of hydrogen-bond donors (Lipinski definition) is 4. The third kappa shape index (κ3) is 7.97. The van der Waals surface area contributed by atoms with Crippen LogP contribution in [-0.2, 0) is 19.2 Å². The number of rotatable bonds is 11. The normalized spacial score (nSPS) is 12.2. The Morgan fingerprint density at radius 1 is 1.24 bits per heavy atom. The lowest BCUT2D eigenvalue weighted by atomic mass is 10.3. The molecule has 1 atom stereocenters. The second kappa shape index (κ2) is 9.80. The van der Waals surface area contributed by atoms with E-state index >= 15 is 0 Å². The van der Waals surface area contributed by atoms with Gasteiger partial charge in [0.05, 0.1) is 19.6 Å². The smallest absolute Gasteiger partial charge is 0.335 e. The van der Waals surface area contributed by atoms with Crippen molar-refractivity contribution < 1.29 is 29.4 Å². The fraction of sp³-hybridized carbons (Fsp3) is 0.636. The molecule has 0 spiro atoms. The largest absolute Gasteiger partial charge is 0.480 e. The lowest BCUT2D eigenvalue weighted by Crippen LogP contribution is -2.52. The average Bonchev–Trinajstić information content (AvgIpc) is 2.41. The minimum absolute atomic E-state index is 0.00932. The van der Waals surface area contributed by atoms with Crippen LogP contribution in [0.25, 0.3) is 0 Å². The number of nitrogens with two attached hydrogens (primary N) is 1. The van der Waals surface area contributed by atoms with Crippen LogP contribution in [0.2, 0.25) is 0 Å². The van der Waals surface area contributed by atoms with Gasteiger partial charge in [0.25, 0.3) is 0 Å². The summed E-state index contributed by atoms with van der Waals surface area (Å²) in [7, 11) is 1.44. The number of carboxylic acids is 2. The summed E-state index contributed by atoms with van der Waals surface area (Å²) in [5.74, 6) is -2.89. The zero-order valence-electron chi connectivity index (χ0n) is 11.7. The second-order valence-corrected chi connectivity index (χ2v) is 4.22. The van der Waals surface area contributed by atoms with E-state index in [1.165, 1.54) is 11.9 Å². The van der Waals surface area contributed by atoms with Crippen LogP contribution in [-0.4, -0.2) is 90.1 Å². The number of likely N-dealkylation sites (N-methyl/N-ethyl adjacent to an activating group) is 1. The van der Waals surface area contributed by atoms with Crippen molar-refractivity contribution in [2.75, 3.05) is 39.8 Å². The van der Waals surface area contributed by atoms with Crippen molar-refractivity contribution in [2.45, 2.75) is 6.17 Å². The molecule has 0 aromatic heterocycles. The fourth-order valence-electron chi connectivity index (χ4n) is 1.54. The van der Waals surface area contributed by atoms with E-state index in [1.807, 2.05) is 0 Å². The summed E-state index contributed by atoms with van der Waals surface area (Å²) < 4.78 is 0. The van der Waals surface area contributed by atoms with E-state index in [2.05, 4.69) is 5.32 Å². The first-order valence-electron chi connectivity index (χ1n) is 6.12. The molecule has 0 aromatic carbocycles. The minimum Gasteiger partial charge on any atom is -0.480 e. The van der Waals surface area contributed by atoms with Gasteiger partial charge in [-0.1, -0.05) is 0 Å². The topological polar surface area (TPSA) is 153 Å². The van der Waals surface area contributed by atoms with Crippen molar-refractivity contribution in [1.82, 2.24) is 15.1 Å². The molecule has 0 aliphatic rings. The Morgan fingerprint density at radius 2 is 1.86 bits per heavy atom. The molecule has 0 aromatic rings. The van der Waals surface area contributed by atoms with Crippen molar-refractivity contribution >= 4 is 24.1 Å². The summed E-state index contributed by atoms with van der Waals surface area (Å²) in [5.41, 5.74) is 5.39. The molecule has 0 saturated carbocycles. The molecular formula is C11H20N4O6. The number of carbonyl (C=O) groups is 4. The number of aliphatic carboxylic acids is 2. The van der Waals surface area contributed by atoms with Crippen LogP contribution < -0.4 is 11.1 Å². The lowest BCUT2D eigenvalue weighted by Gasteiger charge is -2.27. The van der Waals surface area contributed by atoms with Gasteiger partial charge in [-0.05, 0) is 0 Å². The molecule has 0 heterocycles. The van der Waals surface area contributed by atoms with Crippen LogP contribution in [0, 0.1) is 0 Å². The molecule has 1 amide bonds. The van der Waals surface area contributed by atoms with Gasteiger partial charge in [0.1, 0.15) is 6.29 Å². The van der Waals surface area contributed by atoms with Gasteiger partial charge in [0.15, 0.2) is 6.17 Å². The van der Waals surface area contributed by atoms with Crippen LogP contribution >= 0.6 is 0 Å². The molecule has 0 aliphatic carbocycles. The van der Waals surface area contributed by atoms with Gasteiger partial charge in [-0.3, -0.25) is 19.4 Å². The number of carboxylic acid groups (broad SMARTS) is 2. The third-order valence-electron chi connectivity index (χ3n) is 2.67. The van der Waals surface area contributed by atoms with E-state index < -0.39 is 24.6 Å². The van der Waals surface area contributed by atoms with E-state index in [0.29, 0.717) is 6.29 Å². The van der Waals surface area contributed by atoms with Crippen molar-refractivity contribution in [3.8, 4) is 0 Å². The van der Waals surface area contributed by atoms with Gasteiger partial charge in [-0.15, -0.1) is 0 Å². The standard InChI is InChI=1S/C11H20N4O6/c1-13-8(17)6-14(4-5-16)2-3-15(7-9(18)19)10(12)11(20)21/h5,10H,2-4,6-7,12H2,1H3,(H,13,17)(H,18,19)(H,20,21). The Morgan fingerprint density at radius 3 is 2.29 bits per heavy atom. The summed E-state index contributed by atoms with van der Waals surface area (Å²) in [6.07, 6.45) is -0.874. The molecule has 0 aliphatic heterocycles. The molecule has 1 unspecified atom stereocenters. The SMILES string of the molecule is CNC(=O)CN(CC=O)CCN(CC(=O)O)C(N)C(=O)O. The third-order valence-corrected chi connectivity index (χ3v) is 2.67. The first-order valence-corrected chi connectivity index (χ1v) is 6.12. The Kier molecular flexibility index (Phi) is 8.85. The number of nitrogens with zero attached hydrogens (tertiary/aromatic N) is 2. The molecule has 5 N–H and O–H groups in total.